The summed E-state index contributed by atoms with van der Waals surface area (Å²) in [6, 6.07) is 10.3. The van der Waals surface area contributed by atoms with Crippen molar-refractivity contribution in [1.29, 1.82) is 0 Å². The van der Waals surface area contributed by atoms with Gasteiger partial charge in [-0.25, -0.2) is 0 Å². The molecule has 4 heteroatoms. The zero-order chi connectivity index (χ0) is 16.8. The number of benzene rings is 1. The molecule has 3 aliphatic rings. The molecule has 1 N–H and O–H groups in total. The van der Waals surface area contributed by atoms with Crippen molar-refractivity contribution in [3.63, 3.8) is 0 Å². The molecule has 1 spiro atoms. The molecular formula is C20H28N2O2. The van der Waals surface area contributed by atoms with Gasteiger partial charge in [0.15, 0.2) is 0 Å². The minimum atomic E-state index is -0.322. The monoisotopic (exact) mass is 328 g/mol. The minimum Gasteiger partial charge on any atom is -0.341 e. The smallest absolute Gasteiger partial charge is 0.242 e. The quantitative estimate of drug-likeness (QED) is 0.907. The summed E-state index contributed by atoms with van der Waals surface area (Å²) in [4.78, 5) is 14.8. The van der Waals surface area contributed by atoms with Crippen LogP contribution in [0.4, 0.5) is 0 Å². The van der Waals surface area contributed by atoms with E-state index < -0.39 is 0 Å². The number of hydroxylamine groups is 2. The van der Waals surface area contributed by atoms with Crippen molar-refractivity contribution < 1.29 is 10.0 Å². The molecule has 1 aliphatic carbocycles. The van der Waals surface area contributed by atoms with Gasteiger partial charge in [-0.2, -0.15) is 5.06 Å². The number of hydrogen-bond donors (Lipinski definition) is 1. The van der Waals surface area contributed by atoms with Crippen LogP contribution in [-0.4, -0.2) is 46.8 Å². The second-order valence-electron chi connectivity index (χ2n) is 8.40. The number of amides is 1. The standard InChI is InChI=1S/C20H28N2O2/c1-19(16-5-3-2-4-6-16)11-13-21(14-12-19)18(23)17-7-8-20(9-10-20)15-22(17)24/h2-6,17,24H,7-15H2,1H3/t17-/m0/s1. The predicted molar refractivity (Wildman–Crippen MR) is 92.8 cm³/mol. The van der Waals surface area contributed by atoms with E-state index in [2.05, 4.69) is 37.3 Å². The summed E-state index contributed by atoms with van der Waals surface area (Å²) in [6.45, 7) is 4.57. The van der Waals surface area contributed by atoms with Gasteiger partial charge in [-0.3, -0.25) is 4.79 Å². The number of carbonyl (C=O) groups excluding carboxylic acids is 1. The first-order chi connectivity index (χ1) is 11.5. The number of rotatable bonds is 2. The third-order valence-electron chi connectivity index (χ3n) is 6.70. The van der Waals surface area contributed by atoms with E-state index in [0.29, 0.717) is 12.0 Å². The third-order valence-corrected chi connectivity index (χ3v) is 6.70. The zero-order valence-corrected chi connectivity index (χ0v) is 14.6. The van der Waals surface area contributed by atoms with Crippen LogP contribution in [0, 0.1) is 5.41 Å². The Morgan fingerprint density at radius 3 is 2.33 bits per heavy atom. The molecule has 1 atom stereocenters. The Balaban J connectivity index is 1.38. The highest BCUT2D eigenvalue weighted by molar-refractivity contribution is 5.82. The van der Waals surface area contributed by atoms with Gasteiger partial charge < -0.3 is 10.1 Å². The Morgan fingerprint density at radius 2 is 1.75 bits per heavy atom. The number of hydrogen-bond acceptors (Lipinski definition) is 3. The number of carbonyl (C=O) groups is 1. The third kappa shape index (κ3) is 2.86. The zero-order valence-electron chi connectivity index (χ0n) is 14.6. The predicted octanol–water partition coefficient (Wildman–Crippen LogP) is 3.20. The Hall–Kier alpha value is -1.39. The maximum atomic E-state index is 12.9. The second-order valence-corrected chi connectivity index (χ2v) is 8.40. The first-order valence-corrected chi connectivity index (χ1v) is 9.31. The molecule has 1 amide bonds. The Bertz CT molecular complexity index is 603. The van der Waals surface area contributed by atoms with Crippen molar-refractivity contribution in [2.45, 2.75) is 56.9 Å². The van der Waals surface area contributed by atoms with Crippen molar-refractivity contribution in [3.05, 3.63) is 35.9 Å². The van der Waals surface area contributed by atoms with E-state index in [0.717, 1.165) is 38.8 Å². The highest BCUT2D eigenvalue weighted by Crippen LogP contribution is 2.53. The SMILES string of the molecule is CC1(c2ccccc2)CCN(C(=O)[C@@H]2CCC3(CC3)CN2O)CC1. The van der Waals surface area contributed by atoms with Gasteiger partial charge in [0.2, 0.25) is 5.91 Å². The number of likely N-dealkylation sites (tertiary alicyclic amines) is 1. The average molecular weight is 328 g/mol. The van der Waals surface area contributed by atoms with Gasteiger partial charge in [-0.05, 0) is 54.9 Å². The molecule has 3 fully saturated rings. The molecule has 2 heterocycles. The molecule has 0 bridgehead atoms. The molecule has 24 heavy (non-hydrogen) atoms. The lowest BCUT2D eigenvalue weighted by Crippen LogP contribution is -2.54. The molecule has 2 saturated heterocycles. The summed E-state index contributed by atoms with van der Waals surface area (Å²) in [5, 5.41) is 11.6. The largest absolute Gasteiger partial charge is 0.341 e. The molecule has 4 nitrogen and oxygen atoms in total. The van der Waals surface area contributed by atoms with Gasteiger partial charge in [0, 0.05) is 19.6 Å². The number of piperidine rings is 2. The normalized spacial score (nSPS) is 28.8. The highest BCUT2D eigenvalue weighted by Gasteiger charge is 2.50. The van der Waals surface area contributed by atoms with Crippen LogP contribution in [0.25, 0.3) is 0 Å². The van der Waals surface area contributed by atoms with Crippen LogP contribution in [-0.2, 0) is 10.2 Å². The maximum Gasteiger partial charge on any atom is 0.242 e. The van der Waals surface area contributed by atoms with Crippen LogP contribution < -0.4 is 0 Å². The molecule has 0 unspecified atom stereocenters. The second kappa shape index (κ2) is 5.85. The van der Waals surface area contributed by atoms with Gasteiger partial charge in [0.05, 0.1) is 0 Å². The van der Waals surface area contributed by atoms with Gasteiger partial charge in [0.25, 0.3) is 0 Å². The minimum absolute atomic E-state index is 0.128. The van der Waals surface area contributed by atoms with Gasteiger partial charge >= 0.3 is 0 Å². The fourth-order valence-corrected chi connectivity index (χ4v) is 4.52. The van der Waals surface area contributed by atoms with E-state index in [1.54, 1.807) is 0 Å². The van der Waals surface area contributed by atoms with Crippen molar-refractivity contribution in [3.8, 4) is 0 Å². The lowest BCUT2D eigenvalue weighted by molar-refractivity contribution is -0.180. The lowest BCUT2D eigenvalue weighted by atomic mass is 9.74. The van der Waals surface area contributed by atoms with Crippen molar-refractivity contribution in [2.24, 2.45) is 5.41 Å². The summed E-state index contributed by atoms with van der Waals surface area (Å²) < 4.78 is 0. The molecule has 0 radical (unpaired) electrons. The molecule has 1 aromatic carbocycles. The fraction of sp³-hybridized carbons (Fsp3) is 0.650. The van der Waals surface area contributed by atoms with Crippen LogP contribution in [0.1, 0.15) is 51.0 Å². The fourth-order valence-electron chi connectivity index (χ4n) is 4.52. The molecule has 1 saturated carbocycles. The van der Waals surface area contributed by atoms with E-state index in [9.17, 15) is 10.0 Å². The van der Waals surface area contributed by atoms with Crippen LogP contribution in [0.2, 0.25) is 0 Å². The van der Waals surface area contributed by atoms with E-state index in [1.807, 2.05) is 4.90 Å². The molecule has 1 aromatic rings. The molecular weight excluding hydrogens is 300 g/mol. The first-order valence-electron chi connectivity index (χ1n) is 9.31. The van der Waals surface area contributed by atoms with Crippen molar-refractivity contribution in [2.75, 3.05) is 19.6 Å². The van der Waals surface area contributed by atoms with E-state index in [-0.39, 0.29) is 17.4 Å². The van der Waals surface area contributed by atoms with Gasteiger partial charge in [0.1, 0.15) is 6.04 Å². The number of nitrogens with zero attached hydrogens (tertiary/aromatic N) is 2. The highest BCUT2D eigenvalue weighted by atomic mass is 16.5. The summed E-state index contributed by atoms with van der Waals surface area (Å²) >= 11 is 0. The summed E-state index contributed by atoms with van der Waals surface area (Å²) in [6.07, 6.45) is 6.31. The Labute approximate surface area is 144 Å². The molecule has 0 aromatic heterocycles. The topological polar surface area (TPSA) is 43.8 Å². The van der Waals surface area contributed by atoms with Crippen LogP contribution in [0.15, 0.2) is 30.3 Å². The van der Waals surface area contributed by atoms with Crippen molar-refractivity contribution in [1.82, 2.24) is 9.96 Å². The first kappa shape index (κ1) is 16.1. The summed E-state index contributed by atoms with van der Waals surface area (Å²) in [7, 11) is 0. The van der Waals surface area contributed by atoms with E-state index in [1.165, 1.54) is 23.5 Å². The van der Waals surface area contributed by atoms with E-state index in [4.69, 9.17) is 0 Å². The van der Waals surface area contributed by atoms with Crippen LogP contribution in [0.3, 0.4) is 0 Å². The lowest BCUT2D eigenvalue weighted by Gasteiger charge is -2.43. The Morgan fingerprint density at radius 1 is 1.08 bits per heavy atom. The Kier molecular flexibility index (Phi) is 3.92. The summed E-state index contributed by atoms with van der Waals surface area (Å²) in [5.41, 5.74) is 1.86. The van der Waals surface area contributed by atoms with Crippen LogP contribution in [0.5, 0.6) is 0 Å². The van der Waals surface area contributed by atoms with Gasteiger partial charge in [-0.1, -0.05) is 37.3 Å². The van der Waals surface area contributed by atoms with Crippen LogP contribution >= 0.6 is 0 Å². The average Bonchev–Trinajstić information content (AvgIpc) is 3.35. The van der Waals surface area contributed by atoms with Crippen molar-refractivity contribution >= 4 is 5.91 Å². The molecule has 4 rings (SSSR count). The van der Waals surface area contributed by atoms with Gasteiger partial charge in [-0.15, -0.1) is 0 Å². The molecule has 2 aliphatic heterocycles. The molecule has 130 valence electrons. The van der Waals surface area contributed by atoms with E-state index >= 15 is 0 Å². The summed E-state index contributed by atoms with van der Waals surface area (Å²) in [5.74, 6) is 0.128. The maximum absolute atomic E-state index is 12.9.